The van der Waals surface area contributed by atoms with Crippen molar-refractivity contribution in [2.24, 2.45) is 5.92 Å². The zero-order chi connectivity index (χ0) is 20.0. The second-order valence-corrected chi connectivity index (χ2v) is 7.04. The molecule has 0 aliphatic rings. The molecule has 0 bridgehead atoms. The second kappa shape index (κ2) is 9.33. The molecule has 2 aromatic rings. The van der Waals surface area contributed by atoms with Crippen molar-refractivity contribution in [3.05, 3.63) is 70.2 Å². The molecule has 0 fully saturated rings. The third kappa shape index (κ3) is 5.93. The summed E-state index contributed by atoms with van der Waals surface area (Å²) in [5, 5.41) is 3.17. The number of hydrogen-bond acceptors (Lipinski definition) is 4. The summed E-state index contributed by atoms with van der Waals surface area (Å²) < 4.78 is 5.14. The normalized spacial score (nSPS) is 11.7. The topological polar surface area (TPSA) is 72.5 Å². The minimum absolute atomic E-state index is 0.205. The van der Waals surface area contributed by atoms with Crippen molar-refractivity contribution < 1.29 is 19.1 Å². The van der Waals surface area contributed by atoms with Gasteiger partial charge >= 0.3 is 5.97 Å². The van der Waals surface area contributed by atoms with Gasteiger partial charge in [-0.15, -0.1) is 0 Å². The van der Waals surface area contributed by atoms with Crippen LogP contribution in [0, 0.1) is 12.8 Å². The summed E-state index contributed by atoms with van der Waals surface area (Å²) in [6.45, 7) is 5.12. The molecule has 0 aromatic heterocycles. The highest BCUT2D eigenvalue weighted by molar-refractivity contribution is 6.30. The predicted octanol–water partition coefficient (Wildman–Crippen LogP) is 3.83. The zero-order valence-electron chi connectivity index (χ0n) is 15.5. The van der Waals surface area contributed by atoms with Gasteiger partial charge in [-0.25, -0.2) is 4.79 Å². The maximum absolute atomic E-state index is 12.4. The van der Waals surface area contributed by atoms with Crippen molar-refractivity contribution in [1.29, 1.82) is 0 Å². The van der Waals surface area contributed by atoms with Crippen molar-refractivity contribution >= 4 is 29.3 Å². The number of carbonyl (C=O) groups excluding carboxylic acids is 3. The highest BCUT2D eigenvalue weighted by Crippen LogP contribution is 2.12. The fraction of sp³-hybridized carbons (Fsp3) is 0.286. The van der Waals surface area contributed by atoms with Gasteiger partial charge in [0.1, 0.15) is 6.04 Å². The SMILES string of the molecule is Cc1ccc(C(=O)COC(=O)[C@H](NC(=O)c2ccc(Cl)cc2)C(C)C)cc1. The van der Waals surface area contributed by atoms with E-state index in [1.54, 1.807) is 50.2 Å². The van der Waals surface area contributed by atoms with E-state index >= 15 is 0 Å². The smallest absolute Gasteiger partial charge is 0.329 e. The molecular weight excluding hydrogens is 366 g/mol. The molecule has 2 rings (SSSR count). The van der Waals surface area contributed by atoms with Gasteiger partial charge in [0.05, 0.1) is 0 Å². The maximum Gasteiger partial charge on any atom is 0.329 e. The van der Waals surface area contributed by atoms with Crippen LogP contribution in [0.4, 0.5) is 0 Å². The zero-order valence-corrected chi connectivity index (χ0v) is 16.2. The molecule has 27 heavy (non-hydrogen) atoms. The van der Waals surface area contributed by atoms with Crippen LogP contribution in [0.3, 0.4) is 0 Å². The average Bonchev–Trinajstić information content (AvgIpc) is 2.64. The Morgan fingerprint density at radius 2 is 1.52 bits per heavy atom. The number of ketones is 1. The molecule has 0 saturated heterocycles. The Bertz CT molecular complexity index is 813. The largest absolute Gasteiger partial charge is 0.456 e. The monoisotopic (exact) mass is 387 g/mol. The lowest BCUT2D eigenvalue weighted by molar-refractivity contribution is -0.145. The number of ether oxygens (including phenoxy) is 1. The fourth-order valence-electron chi connectivity index (χ4n) is 2.37. The van der Waals surface area contributed by atoms with Gasteiger partial charge in [0.25, 0.3) is 5.91 Å². The lowest BCUT2D eigenvalue weighted by Gasteiger charge is -2.20. The van der Waals surface area contributed by atoms with Crippen molar-refractivity contribution in [3.63, 3.8) is 0 Å². The molecule has 1 N–H and O–H groups in total. The number of rotatable bonds is 7. The van der Waals surface area contributed by atoms with Gasteiger partial charge < -0.3 is 10.1 Å². The summed E-state index contributed by atoms with van der Waals surface area (Å²) in [6, 6.07) is 12.5. The molecule has 2 aromatic carbocycles. The summed E-state index contributed by atoms with van der Waals surface area (Å²) in [5.74, 6) is -1.56. The van der Waals surface area contributed by atoms with E-state index in [9.17, 15) is 14.4 Å². The first-order valence-corrected chi connectivity index (χ1v) is 8.98. The van der Waals surface area contributed by atoms with Crippen LogP contribution >= 0.6 is 11.6 Å². The molecule has 1 amide bonds. The van der Waals surface area contributed by atoms with Crippen LogP contribution in [0.1, 0.15) is 40.1 Å². The Hall–Kier alpha value is -2.66. The Kier molecular flexibility index (Phi) is 7.13. The molecule has 0 unspecified atom stereocenters. The third-order valence-electron chi connectivity index (χ3n) is 4.03. The van der Waals surface area contributed by atoms with Crippen molar-refractivity contribution in [3.8, 4) is 0 Å². The highest BCUT2D eigenvalue weighted by atomic mass is 35.5. The van der Waals surface area contributed by atoms with Crippen molar-refractivity contribution in [2.75, 3.05) is 6.61 Å². The molecular formula is C21H22ClNO4. The molecule has 142 valence electrons. The van der Waals surface area contributed by atoms with Gasteiger partial charge in [-0.1, -0.05) is 55.3 Å². The summed E-state index contributed by atoms with van der Waals surface area (Å²) >= 11 is 5.82. The van der Waals surface area contributed by atoms with Crippen LogP contribution in [0.15, 0.2) is 48.5 Å². The summed E-state index contributed by atoms with van der Waals surface area (Å²) in [6.07, 6.45) is 0. The third-order valence-corrected chi connectivity index (χ3v) is 4.28. The summed E-state index contributed by atoms with van der Waals surface area (Å²) in [5.41, 5.74) is 1.89. The molecule has 0 aliphatic carbocycles. The highest BCUT2D eigenvalue weighted by Gasteiger charge is 2.26. The quantitative estimate of drug-likeness (QED) is 0.579. The fourth-order valence-corrected chi connectivity index (χ4v) is 2.50. The van der Waals surface area contributed by atoms with Crippen LogP contribution in [-0.2, 0) is 9.53 Å². The molecule has 0 saturated carbocycles. The van der Waals surface area contributed by atoms with E-state index in [-0.39, 0.29) is 18.3 Å². The number of halogens is 1. The predicted molar refractivity (Wildman–Crippen MR) is 104 cm³/mol. The lowest BCUT2D eigenvalue weighted by Crippen LogP contribution is -2.45. The van der Waals surface area contributed by atoms with Crippen LogP contribution in [0.2, 0.25) is 5.02 Å². The Labute approximate surface area is 163 Å². The van der Waals surface area contributed by atoms with Gasteiger partial charge in [-0.05, 0) is 37.1 Å². The number of amides is 1. The van der Waals surface area contributed by atoms with Gasteiger partial charge in [0.15, 0.2) is 12.4 Å². The van der Waals surface area contributed by atoms with Gasteiger partial charge in [-0.2, -0.15) is 0 Å². The number of esters is 1. The van der Waals surface area contributed by atoms with E-state index in [0.717, 1.165) is 5.56 Å². The Morgan fingerprint density at radius 3 is 2.07 bits per heavy atom. The minimum Gasteiger partial charge on any atom is -0.456 e. The van der Waals surface area contributed by atoms with E-state index in [1.807, 2.05) is 19.1 Å². The van der Waals surface area contributed by atoms with Crippen LogP contribution in [0.5, 0.6) is 0 Å². The van der Waals surface area contributed by atoms with Gasteiger partial charge in [-0.3, -0.25) is 9.59 Å². The number of nitrogens with one attached hydrogen (secondary N) is 1. The van der Waals surface area contributed by atoms with E-state index in [0.29, 0.717) is 16.1 Å². The average molecular weight is 388 g/mol. The van der Waals surface area contributed by atoms with Crippen LogP contribution in [0.25, 0.3) is 0 Å². The molecule has 6 heteroatoms. The molecule has 0 radical (unpaired) electrons. The summed E-state index contributed by atoms with van der Waals surface area (Å²) in [4.78, 5) is 36.9. The number of benzene rings is 2. The molecule has 0 heterocycles. The van der Waals surface area contributed by atoms with Crippen molar-refractivity contribution in [1.82, 2.24) is 5.32 Å². The van der Waals surface area contributed by atoms with Crippen LogP contribution < -0.4 is 5.32 Å². The molecule has 1 atom stereocenters. The maximum atomic E-state index is 12.4. The van der Waals surface area contributed by atoms with E-state index in [2.05, 4.69) is 5.32 Å². The number of aryl methyl sites for hydroxylation is 1. The molecule has 0 spiro atoms. The number of Topliss-reactive ketones (excluding diaryl/α,β-unsaturated/α-hetero) is 1. The minimum atomic E-state index is -0.862. The first kappa shape index (κ1) is 20.6. The van der Waals surface area contributed by atoms with Gasteiger partial charge in [0.2, 0.25) is 0 Å². The van der Waals surface area contributed by atoms with E-state index in [4.69, 9.17) is 16.3 Å². The number of hydrogen-bond donors (Lipinski definition) is 1. The van der Waals surface area contributed by atoms with Crippen LogP contribution in [-0.4, -0.2) is 30.3 Å². The summed E-state index contributed by atoms with van der Waals surface area (Å²) in [7, 11) is 0. The van der Waals surface area contributed by atoms with Gasteiger partial charge in [0, 0.05) is 16.1 Å². The van der Waals surface area contributed by atoms with E-state index in [1.165, 1.54) is 0 Å². The first-order valence-electron chi connectivity index (χ1n) is 8.61. The Balaban J connectivity index is 1.97. The first-order chi connectivity index (χ1) is 12.8. The standard InChI is InChI=1S/C21H22ClNO4/c1-13(2)19(23-20(25)16-8-10-17(22)11-9-16)21(26)27-12-18(24)15-6-4-14(3)5-7-15/h4-11,13,19H,12H2,1-3H3,(H,23,25)/t19-/m1/s1. The van der Waals surface area contributed by atoms with Crippen molar-refractivity contribution in [2.45, 2.75) is 26.8 Å². The second-order valence-electron chi connectivity index (χ2n) is 6.60. The molecule has 0 aliphatic heterocycles. The number of carbonyl (C=O) groups is 3. The van der Waals surface area contributed by atoms with E-state index < -0.39 is 17.9 Å². The Morgan fingerprint density at radius 1 is 0.963 bits per heavy atom. The lowest BCUT2D eigenvalue weighted by atomic mass is 10.0. The molecule has 5 nitrogen and oxygen atoms in total.